The number of esters is 1. The van der Waals surface area contributed by atoms with Crippen LogP contribution in [0.25, 0.3) is 0 Å². The van der Waals surface area contributed by atoms with Crippen LogP contribution in [-0.2, 0) is 4.79 Å². The molecule has 0 aromatic heterocycles. The van der Waals surface area contributed by atoms with Crippen LogP contribution < -0.4 is 9.47 Å². The fourth-order valence-electron chi connectivity index (χ4n) is 1.22. The zero-order chi connectivity index (χ0) is 13.8. The number of methoxy groups -OCH3 is 1. The highest BCUT2D eigenvalue weighted by atomic mass is 16.6. The first kappa shape index (κ1) is 14.2. The highest BCUT2D eigenvalue weighted by molar-refractivity contribution is 5.80. The van der Waals surface area contributed by atoms with E-state index in [4.69, 9.17) is 9.47 Å². The third-order valence-corrected chi connectivity index (χ3v) is 2.96. The lowest BCUT2D eigenvalue weighted by atomic mass is 9.91. The van der Waals surface area contributed by atoms with Crippen molar-refractivity contribution >= 4 is 12.3 Å². The van der Waals surface area contributed by atoms with Crippen LogP contribution in [0.5, 0.6) is 11.5 Å². The summed E-state index contributed by atoms with van der Waals surface area (Å²) >= 11 is 0. The molecule has 0 saturated carbocycles. The van der Waals surface area contributed by atoms with E-state index >= 15 is 0 Å². The van der Waals surface area contributed by atoms with Gasteiger partial charge in [-0.1, -0.05) is 6.92 Å². The van der Waals surface area contributed by atoms with Crippen molar-refractivity contribution < 1.29 is 19.1 Å². The molecule has 0 aliphatic carbocycles. The van der Waals surface area contributed by atoms with Crippen LogP contribution in [0.1, 0.15) is 37.6 Å². The lowest BCUT2D eigenvalue weighted by Gasteiger charge is -2.20. The molecule has 0 spiro atoms. The predicted molar refractivity (Wildman–Crippen MR) is 68.1 cm³/mol. The molecule has 0 radical (unpaired) electrons. The van der Waals surface area contributed by atoms with Gasteiger partial charge < -0.3 is 9.47 Å². The van der Waals surface area contributed by atoms with Crippen molar-refractivity contribution in [3.63, 3.8) is 0 Å². The highest BCUT2D eigenvalue weighted by Gasteiger charge is 2.28. The Hall–Kier alpha value is -1.84. The minimum atomic E-state index is -0.547. The first-order valence-corrected chi connectivity index (χ1v) is 5.80. The Labute approximate surface area is 107 Å². The summed E-state index contributed by atoms with van der Waals surface area (Å²) in [5.41, 5.74) is -0.0738. The Bertz CT molecular complexity index is 449. The van der Waals surface area contributed by atoms with Crippen LogP contribution in [0.4, 0.5) is 0 Å². The molecule has 0 amide bonds. The fourth-order valence-corrected chi connectivity index (χ4v) is 1.22. The molecule has 0 aliphatic heterocycles. The fraction of sp³-hybridized carbons (Fsp3) is 0.429. The van der Waals surface area contributed by atoms with Crippen LogP contribution >= 0.6 is 0 Å². The second-order valence-electron chi connectivity index (χ2n) is 4.66. The van der Waals surface area contributed by atoms with E-state index in [1.54, 1.807) is 12.1 Å². The predicted octanol–water partition coefficient (Wildman–Crippen LogP) is 2.85. The molecule has 4 nitrogen and oxygen atoms in total. The molecule has 0 bridgehead atoms. The average Bonchev–Trinajstić information content (AvgIpc) is 2.38. The van der Waals surface area contributed by atoms with Gasteiger partial charge in [0.2, 0.25) is 0 Å². The molecule has 1 rings (SSSR count). The molecule has 0 aliphatic rings. The van der Waals surface area contributed by atoms with E-state index in [0.717, 1.165) is 0 Å². The molecular formula is C14H18O4. The second-order valence-corrected chi connectivity index (χ2v) is 4.66. The Kier molecular flexibility index (Phi) is 4.48. The molecule has 0 atom stereocenters. The van der Waals surface area contributed by atoms with Gasteiger partial charge in [0, 0.05) is 5.56 Å². The number of rotatable bonds is 5. The van der Waals surface area contributed by atoms with Gasteiger partial charge in [0.25, 0.3) is 0 Å². The van der Waals surface area contributed by atoms with Crippen molar-refractivity contribution in [1.29, 1.82) is 0 Å². The molecule has 1 aromatic rings. The Morgan fingerprint density at radius 3 is 2.50 bits per heavy atom. The minimum absolute atomic E-state index is 0.317. The van der Waals surface area contributed by atoms with E-state index in [1.165, 1.54) is 13.2 Å². The lowest BCUT2D eigenvalue weighted by molar-refractivity contribution is -0.144. The molecular weight excluding hydrogens is 232 g/mol. The summed E-state index contributed by atoms with van der Waals surface area (Å²) in [5.74, 6) is 0.386. The summed E-state index contributed by atoms with van der Waals surface area (Å²) in [5, 5.41) is 0. The van der Waals surface area contributed by atoms with E-state index < -0.39 is 5.41 Å². The van der Waals surface area contributed by atoms with E-state index in [2.05, 4.69) is 0 Å². The lowest BCUT2D eigenvalue weighted by Crippen LogP contribution is -2.28. The molecule has 98 valence electrons. The zero-order valence-corrected chi connectivity index (χ0v) is 11.1. The summed E-state index contributed by atoms with van der Waals surface area (Å²) in [6, 6.07) is 4.68. The minimum Gasteiger partial charge on any atom is -0.493 e. The summed E-state index contributed by atoms with van der Waals surface area (Å²) in [7, 11) is 1.46. The molecule has 4 heteroatoms. The SMILES string of the molecule is CCC(C)(C)C(=O)Oc1ccc(C=O)cc1OC. The van der Waals surface area contributed by atoms with Gasteiger partial charge >= 0.3 is 5.97 Å². The van der Waals surface area contributed by atoms with Gasteiger partial charge in [-0.25, -0.2) is 0 Å². The number of carbonyl (C=O) groups is 2. The average molecular weight is 250 g/mol. The maximum atomic E-state index is 11.9. The van der Waals surface area contributed by atoms with E-state index in [0.29, 0.717) is 29.8 Å². The van der Waals surface area contributed by atoms with Gasteiger partial charge in [0.15, 0.2) is 11.5 Å². The van der Waals surface area contributed by atoms with Crippen molar-refractivity contribution in [1.82, 2.24) is 0 Å². The topological polar surface area (TPSA) is 52.6 Å². The Morgan fingerprint density at radius 2 is 2.00 bits per heavy atom. The van der Waals surface area contributed by atoms with E-state index in [1.807, 2.05) is 20.8 Å². The normalized spacial score (nSPS) is 10.9. The number of ether oxygens (including phenoxy) is 2. The van der Waals surface area contributed by atoms with Gasteiger partial charge in [-0.05, 0) is 38.5 Å². The highest BCUT2D eigenvalue weighted by Crippen LogP contribution is 2.30. The van der Waals surface area contributed by atoms with Gasteiger partial charge in [-0.3, -0.25) is 9.59 Å². The van der Waals surface area contributed by atoms with Crippen LogP contribution in [0.3, 0.4) is 0 Å². The summed E-state index contributed by atoms with van der Waals surface area (Å²) in [4.78, 5) is 22.6. The number of aldehydes is 1. The van der Waals surface area contributed by atoms with E-state index in [-0.39, 0.29) is 5.97 Å². The third-order valence-electron chi connectivity index (χ3n) is 2.96. The molecule has 18 heavy (non-hydrogen) atoms. The van der Waals surface area contributed by atoms with Crippen molar-refractivity contribution in [2.24, 2.45) is 5.41 Å². The van der Waals surface area contributed by atoms with Crippen LogP contribution in [-0.4, -0.2) is 19.4 Å². The largest absolute Gasteiger partial charge is 0.493 e. The van der Waals surface area contributed by atoms with Crippen molar-refractivity contribution in [2.75, 3.05) is 7.11 Å². The van der Waals surface area contributed by atoms with Gasteiger partial charge in [0.1, 0.15) is 6.29 Å². The first-order chi connectivity index (χ1) is 8.44. The second kappa shape index (κ2) is 5.67. The maximum Gasteiger partial charge on any atom is 0.317 e. The number of benzene rings is 1. The van der Waals surface area contributed by atoms with Gasteiger partial charge in [0.05, 0.1) is 12.5 Å². The molecule has 0 heterocycles. The first-order valence-electron chi connectivity index (χ1n) is 5.80. The van der Waals surface area contributed by atoms with Crippen LogP contribution in [0.15, 0.2) is 18.2 Å². The summed E-state index contributed by atoms with van der Waals surface area (Å²) in [6.45, 7) is 5.57. The molecule has 1 aromatic carbocycles. The molecule has 0 unspecified atom stereocenters. The van der Waals surface area contributed by atoms with Crippen LogP contribution in [0.2, 0.25) is 0 Å². The van der Waals surface area contributed by atoms with Gasteiger partial charge in [-0.2, -0.15) is 0 Å². The monoisotopic (exact) mass is 250 g/mol. The van der Waals surface area contributed by atoms with Crippen LogP contribution in [0, 0.1) is 5.41 Å². The number of hydrogen-bond acceptors (Lipinski definition) is 4. The van der Waals surface area contributed by atoms with Gasteiger partial charge in [-0.15, -0.1) is 0 Å². The molecule has 0 saturated heterocycles. The molecule has 0 N–H and O–H groups in total. The molecule has 0 fully saturated rings. The van der Waals surface area contributed by atoms with Crippen molar-refractivity contribution in [3.05, 3.63) is 23.8 Å². The van der Waals surface area contributed by atoms with Crippen molar-refractivity contribution in [2.45, 2.75) is 27.2 Å². The standard InChI is InChI=1S/C14H18O4/c1-5-14(2,3)13(16)18-11-7-6-10(9-15)8-12(11)17-4/h6-9H,5H2,1-4H3. The summed E-state index contributed by atoms with van der Waals surface area (Å²) < 4.78 is 10.4. The van der Waals surface area contributed by atoms with E-state index in [9.17, 15) is 9.59 Å². The Morgan fingerprint density at radius 1 is 1.33 bits per heavy atom. The van der Waals surface area contributed by atoms with Crippen molar-refractivity contribution in [3.8, 4) is 11.5 Å². The summed E-state index contributed by atoms with van der Waals surface area (Å²) in [6.07, 6.45) is 1.39. The third kappa shape index (κ3) is 3.09. The Balaban J connectivity index is 2.97. The maximum absolute atomic E-state index is 11.9. The smallest absolute Gasteiger partial charge is 0.317 e. The number of carbonyl (C=O) groups excluding carboxylic acids is 2. The number of hydrogen-bond donors (Lipinski definition) is 0. The zero-order valence-electron chi connectivity index (χ0n) is 11.1. The quantitative estimate of drug-likeness (QED) is 0.458.